The second-order valence-electron chi connectivity index (χ2n) is 7.76. The Labute approximate surface area is 157 Å². The maximum atomic E-state index is 11.9. The third kappa shape index (κ3) is 6.08. The molecular formula is C21H32N2O3. The molecule has 1 aliphatic heterocycles. The van der Waals surface area contributed by atoms with Gasteiger partial charge in [0.1, 0.15) is 6.61 Å². The van der Waals surface area contributed by atoms with Crippen LogP contribution in [0.2, 0.25) is 0 Å². The van der Waals surface area contributed by atoms with Crippen LogP contribution < -0.4 is 5.32 Å². The first-order valence-electron chi connectivity index (χ1n) is 9.92. The third-order valence-electron chi connectivity index (χ3n) is 5.17. The van der Waals surface area contributed by atoms with Crippen LogP contribution >= 0.6 is 0 Å². The number of carbonyl (C=O) groups excluding carboxylic acids is 1. The number of benzene rings is 1. The highest BCUT2D eigenvalue weighted by Gasteiger charge is 2.22. The van der Waals surface area contributed by atoms with Gasteiger partial charge >= 0.3 is 0 Å². The van der Waals surface area contributed by atoms with E-state index in [1.54, 1.807) is 0 Å². The summed E-state index contributed by atoms with van der Waals surface area (Å²) in [5.74, 6) is -0.0303. The maximum absolute atomic E-state index is 11.9. The highest BCUT2D eigenvalue weighted by Crippen LogP contribution is 2.20. The van der Waals surface area contributed by atoms with Gasteiger partial charge in [0.2, 0.25) is 5.91 Å². The topological polar surface area (TPSA) is 50.8 Å². The average Bonchev–Trinajstić information content (AvgIpc) is 3.12. The molecule has 1 heterocycles. The number of ether oxygens (including phenoxy) is 2. The summed E-state index contributed by atoms with van der Waals surface area (Å²) < 4.78 is 11.4. The van der Waals surface area contributed by atoms with E-state index < -0.39 is 0 Å². The summed E-state index contributed by atoms with van der Waals surface area (Å²) in [5.41, 5.74) is 2.41. The summed E-state index contributed by atoms with van der Waals surface area (Å²) in [6.07, 6.45) is 5.50. The van der Waals surface area contributed by atoms with Crippen LogP contribution in [0.3, 0.4) is 0 Å². The largest absolute Gasteiger partial charge is 0.373 e. The normalized spacial score (nSPS) is 24.7. The number of rotatable bonds is 7. The molecule has 2 fully saturated rings. The van der Waals surface area contributed by atoms with E-state index in [-0.39, 0.29) is 18.6 Å². The zero-order valence-electron chi connectivity index (χ0n) is 16.1. The van der Waals surface area contributed by atoms with Crippen molar-refractivity contribution in [2.75, 3.05) is 19.7 Å². The fourth-order valence-corrected chi connectivity index (χ4v) is 3.93. The predicted molar refractivity (Wildman–Crippen MR) is 102 cm³/mol. The monoisotopic (exact) mass is 360 g/mol. The molecule has 5 heteroatoms. The Bertz CT molecular complexity index is 559. The van der Waals surface area contributed by atoms with Crippen molar-refractivity contribution in [2.45, 2.75) is 70.9 Å². The molecule has 1 saturated carbocycles. The van der Waals surface area contributed by atoms with Crippen LogP contribution in [-0.2, 0) is 27.4 Å². The van der Waals surface area contributed by atoms with Gasteiger partial charge in [-0.25, -0.2) is 0 Å². The predicted octanol–water partition coefficient (Wildman–Crippen LogP) is 2.87. The summed E-state index contributed by atoms with van der Waals surface area (Å²) in [4.78, 5) is 14.4. The quantitative estimate of drug-likeness (QED) is 0.812. The molecule has 0 radical (unpaired) electrons. The second-order valence-corrected chi connectivity index (χ2v) is 7.76. The minimum Gasteiger partial charge on any atom is -0.373 e. The number of nitrogens with one attached hydrogen (secondary N) is 1. The molecule has 1 aliphatic carbocycles. The molecule has 2 atom stereocenters. The molecule has 0 bridgehead atoms. The van der Waals surface area contributed by atoms with Crippen molar-refractivity contribution < 1.29 is 14.3 Å². The molecule has 1 aromatic carbocycles. The molecule has 1 amide bonds. The van der Waals surface area contributed by atoms with Crippen LogP contribution in [0, 0.1) is 0 Å². The molecule has 26 heavy (non-hydrogen) atoms. The zero-order valence-corrected chi connectivity index (χ0v) is 16.1. The summed E-state index contributed by atoms with van der Waals surface area (Å²) in [6.45, 7) is 7.89. The lowest BCUT2D eigenvalue weighted by Gasteiger charge is -2.35. The summed E-state index contributed by atoms with van der Waals surface area (Å²) in [6, 6.07) is 8.50. The van der Waals surface area contributed by atoms with Gasteiger partial charge in [0.15, 0.2) is 0 Å². The van der Waals surface area contributed by atoms with Crippen LogP contribution in [0.15, 0.2) is 24.3 Å². The Morgan fingerprint density at radius 3 is 2.38 bits per heavy atom. The summed E-state index contributed by atoms with van der Waals surface area (Å²) in [7, 11) is 0. The Balaban J connectivity index is 1.39. The van der Waals surface area contributed by atoms with Crippen molar-refractivity contribution in [3.8, 4) is 0 Å². The molecule has 1 saturated heterocycles. The van der Waals surface area contributed by atoms with Gasteiger partial charge in [-0.1, -0.05) is 37.1 Å². The van der Waals surface area contributed by atoms with E-state index in [0.29, 0.717) is 18.8 Å². The second kappa shape index (κ2) is 9.49. The Morgan fingerprint density at radius 2 is 1.73 bits per heavy atom. The van der Waals surface area contributed by atoms with Crippen molar-refractivity contribution in [2.24, 2.45) is 0 Å². The first-order valence-corrected chi connectivity index (χ1v) is 9.92. The van der Waals surface area contributed by atoms with Crippen LogP contribution in [0.1, 0.15) is 50.7 Å². The zero-order chi connectivity index (χ0) is 18.4. The van der Waals surface area contributed by atoms with E-state index >= 15 is 0 Å². The van der Waals surface area contributed by atoms with Gasteiger partial charge in [0, 0.05) is 26.2 Å². The summed E-state index contributed by atoms with van der Waals surface area (Å²) >= 11 is 0. The van der Waals surface area contributed by atoms with Gasteiger partial charge in [0.25, 0.3) is 0 Å². The third-order valence-corrected chi connectivity index (χ3v) is 5.17. The lowest BCUT2D eigenvalue weighted by Crippen LogP contribution is -2.44. The standard InChI is InChI=1S/C21H32N2O3/c1-16-12-23(13-17(2)26-16)14-19-9-7-18(8-10-19)11-22-21(24)15-25-20-5-3-4-6-20/h7-10,16-17,20H,3-6,11-15H2,1-2H3,(H,22,24)/t16-,17-/m0/s1. The van der Waals surface area contributed by atoms with Crippen molar-refractivity contribution in [3.05, 3.63) is 35.4 Å². The van der Waals surface area contributed by atoms with E-state index in [4.69, 9.17) is 9.47 Å². The van der Waals surface area contributed by atoms with Crippen LogP contribution in [0.4, 0.5) is 0 Å². The van der Waals surface area contributed by atoms with Crippen LogP contribution in [-0.4, -0.2) is 48.8 Å². The molecule has 1 aromatic rings. The number of hydrogen-bond donors (Lipinski definition) is 1. The van der Waals surface area contributed by atoms with Gasteiger partial charge in [-0.05, 0) is 37.8 Å². The number of hydrogen-bond acceptors (Lipinski definition) is 4. The molecule has 0 unspecified atom stereocenters. The number of amides is 1. The SMILES string of the molecule is C[C@H]1CN(Cc2ccc(CNC(=O)COC3CCCC3)cc2)C[C@H](C)O1. The number of morpholine rings is 1. The lowest BCUT2D eigenvalue weighted by molar-refractivity contribution is -0.127. The highest BCUT2D eigenvalue weighted by molar-refractivity contribution is 5.77. The highest BCUT2D eigenvalue weighted by atomic mass is 16.5. The van der Waals surface area contributed by atoms with E-state index in [0.717, 1.165) is 38.0 Å². The van der Waals surface area contributed by atoms with Crippen molar-refractivity contribution in [1.82, 2.24) is 10.2 Å². The molecule has 3 rings (SSSR count). The summed E-state index contributed by atoms with van der Waals surface area (Å²) in [5, 5.41) is 2.94. The Morgan fingerprint density at radius 1 is 1.12 bits per heavy atom. The molecule has 0 spiro atoms. The smallest absolute Gasteiger partial charge is 0.246 e. The van der Waals surface area contributed by atoms with Gasteiger partial charge in [-0.3, -0.25) is 9.69 Å². The molecule has 144 valence electrons. The van der Waals surface area contributed by atoms with Crippen LogP contribution in [0.5, 0.6) is 0 Å². The minimum atomic E-state index is -0.0303. The van der Waals surface area contributed by atoms with E-state index in [2.05, 4.69) is 48.3 Å². The maximum Gasteiger partial charge on any atom is 0.246 e. The number of carbonyl (C=O) groups is 1. The van der Waals surface area contributed by atoms with E-state index in [9.17, 15) is 4.79 Å². The molecule has 1 N–H and O–H groups in total. The minimum absolute atomic E-state index is 0.0303. The Hall–Kier alpha value is -1.43. The van der Waals surface area contributed by atoms with E-state index in [1.807, 2.05) is 0 Å². The molecular weight excluding hydrogens is 328 g/mol. The fraction of sp³-hybridized carbons (Fsp3) is 0.667. The molecule has 5 nitrogen and oxygen atoms in total. The molecule has 0 aromatic heterocycles. The van der Waals surface area contributed by atoms with Gasteiger partial charge in [-0.15, -0.1) is 0 Å². The van der Waals surface area contributed by atoms with E-state index in [1.165, 1.54) is 18.4 Å². The lowest BCUT2D eigenvalue weighted by atomic mass is 10.1. The Kier molecular flexibility index (Phi) is 7.06. The van der Waals surface area contributed by atoms with Gasteiger partial charge < -0.3 is 14.8 Å². The fourth-order valence-electron chi connectivity index (χ4n) is 3.93. The van der Waals surface area contributed by atoms with Crippen molar-refractivity contribution in [1.29, 1.82) is 0 Å². The number of nitrogens with zero attached hydrogens (tertiary/aromatic N) is 1. The first kappa shape index (κ1) is 19.3. The van der Waals surface area contributed by atoms with Crippen LogP contribution in [0.25, 0.3) is 0 Å². The van der Waals surface area contributed by atoms with Crippen molar-refractivity contribution >= 4 is 5.91 Å². The van der Waals surface area contributed by atoms with Gasteiger partial charge in [-0.2, -0.15) is 0 Å². The first-order chi connectivity index (χ1) is 12.6. The average molecular weight is 360 g/mol. The van der Waals surface area contributed by atoms with Crippen molar-refractivity contribution in [3.63, 3.8) is 0 Å². The van der Waals surface area contributed by atoms with Gasteiger partial charge in [0.05, 0.1) is 18.3 Å². The molecule has 2 aliphatic rings.